The number of thiazole rings is 1. The molecule has 0 saturated heterocycles. The van der Waals surface area contributed by atoms with E-state index in [2.05, 4.69) is 15.3 Å². The van der Waals surface area contributed by atoms with E-state index in [1.54, 1.807) is 13.2 Å². The number of anilines is 1. The number of aryl methyl sites for hydroxylation is 4. The maximum atomic E-state index is 11.7. The molecule has 1 amide bonds. The molecule has 0 bridgehead atoms. The fourth-order valence-corrected chi connectivity index (χ4v) is 2.30. The van der Waals surface area contributed by atoms with Gasteiger partial charge < -0.3 is 9.73 Å². The van der Waals surface area contributed by atoms with Gasteiger partial charge in [0.05, 0.1) is 11.4 Å². The lowest BCUT2D eigenvalue weighted by molar-refractivity contribution is -0.116. The molecule has 0 aliphatic rings. The number of nitrogens with one attached hydrogen (secondary N) is 1. The molecule has 2 aromatic heterocycles. The van der Waals surface area contributed by atoms with Gasteiger partial charge in [0.1, 0.15) is 6.26 Å². The Kier molecular flexibility index (Phi) is 3.76. The third-order valence-corrected chi connectivity index (χ3v) is 3.54. The molecule has 0 aliphatic heterocycles. The Hall–Kier alpha value is -1.69. The lowest BCUT2D eigenvalue weighted by Gasteiger charge is -1.99. The molecule has 1 N–H and O–H groups in total. The molecule has 0 unspecified atom stereocenters. The Morgan fingerprint density at radius 2 is 2.17 bits per heavy atom. The molecule has 0 radical (unpaired) electrons. The average Bonchev–Trinajstić information content (AvgIpc) is 2.84. The minimum absolute atomic E-state index is 0.0515. The number of amides is 1. The fraction of sp³-hybridized carbons (Fsp3) is 0.417. The van der Waals surface area contributed by atoms with Crippen LogP contribution in [0.15, 0.2) is 10.7 Å². The van der Waals surface area contributed by atoms with Gasteiger partial charge in [-0.2, -0.15) is 0 Å². The van der Waals surface area contributed by atoms with Crippen molar-refractivity contribution in [1.29, 1.82) is 0 Å². The summed E-state index contributed by atoms with van der Waals surface area (Å²) in [6, 6.07) is 0. The quantitative estimate of drug-likeness (QED) is 0.922. The minimum atomic E-state index is -0.0515. The van der Waals surface area contributed by atoms with E-state index >= 15 is 0 Å². The summed E-state index contributed by atoms with van der Waals surface area (Å²) in [5, 5.41) is 3.45. The summed E-state index contributed by atoms with van der Waals surface area (Å²) >= 11 is 1.49. The highest BCUT2D eigenvalue weighted by Gasteiger charge is 2.09. The molecule has 0 aliphatic carbocycles. The summed E-state index contributed by atoms with van der Waals surface area (Å²) in [6.45, 7) is 5.70. The zero-order chi connectivity index (χ0) is 13.1. The van der Waals surface area contributed by atoms with E-state index in [4.69, 9.17) is 4.42 Å². The molecule has 0 spiro atoms. The standard InChI is InChI=1S/C12H15N3O2S/c1-7-8(2)18-12(13-7)15-11(16)5-4-10-6-17-9(3)14-10/h6H,4-5H2,1-3H3,(H,13,15,16). The first kappa shape index (κ1) is 12.8. The smallest absolute Gasteiger partial charge is 0.226 e. The van der Waals surface area contributed by atoms with E-state index in [0.29, 0.717) is 23.9 Å². The van der Waals surface area contributed by atoms with E-state index in [1.165, 1.54) is 11.3 Å². The van der Waals surface area contributed by atoms with Gasteiger partial charge >= 0.3 is 0 Å². The lowest BCUT2D eigenvalue weighted by Crippen LogP contribution is -2.12. The molecule has 2 aromatic rings. The van der Waals surface area contributed by atoms with Crippen molar-refractivity contribution in [2.75, 3.05) is 5.32 Å². The number of nitrogens with zero attached hydrogens (tertiary/aromatic N) is 2. The van der Waals surface area contributed by atoms with Crippen LogP contribution >= 0.6 is 11.3 Å². The number of aromatic nitrogens is 2. The third-order valence-electron chi connectivity index (χ3n) is 2.55. The fourth-order valence-electron chi connectivity index (χ4n) is 1.47. The van der Waals surface area contributed by atoms with Crippen LogP contribution in [0.25, 0.3) is 0 Å². The zero-order valence-electron chi connectivity index (χ0n) is 10.6. The van der Waals surface area contributed by atoms with Crippen LogP contribution in [-0.4, -0.2) is 15.9 Å². The van der Waals surface area contributed by atoms with Crippen molar-refractivity contribution in [1.82, 2.24) is 9.97 Å². The maximum absolute atomic E-state index is 11.7. The predicted octanol–water partition coefficient (Wildman–Crippen LogP) is 2.63. The van der Waals surface area contributed by atoms with Crippen molar-refractivity contribution in [3.05, 3.63) is 28.4 Å². The van der Waals surface area contributed by atoms with Crippen LogP contribution in [-0.2, 0) is 11.2 Å². The van der Waals surface area contributed by atoms with Crippen LogP contribution in [0.3, 0.4) is 0 Å². The predicted molar refractivity (Wildman–Crippen MR) is 69.8 cm³/mol. The molecule has 2 rings (SSSR count). The Bertz CT molecular complexity index is 540. The van der Waals surface area contributed by atoms with E-state index in [1.807, 2.05) is 13.8 Å². The summed E-state index contributed by atoms with van der Waals surface area (Å²) in [4.78, 5) is 21.2. The first-order valence-electron chi connectivity index (χ1n) is 5.69. The van der Waals surface area contributed by atoms with E-state index < -0.39 is 0 Å². The number of hydrogen-bond donors (Lipinski definition) is 1. The highest BCUT2D eigenvalue weighted by atomic mass is 32.1. The molecule has 0 atom stereocenters. The Morgan fingerprint density at radius 1 is 1.39 bits per heavy atom. The summed E-state index contributed by atoms with van der Waals surface area (Å²) in [7, 11) is 0. The first-order chi connectivity index (χ1) is 8.54. The summed E-state index contributed by atoms with van der Waals surface area (Å²) < 4.78 is 5.08. The normalized spacial score (nSPS) is 10.6. The van der Waals surface area contributed by atoms with Gasteiger partial charge in [0.15, 0.2) is 11.0 Å². The topological polar surface area (TPSA) is 68.0 Å². The Morgan fingerprint density at radius 3 is 2.72 bits per heavy atom. The third kappa shape index (κ3) is 3.16. The average molecular weight is 265 g/mol. The minimum Gasteiger partial charge on any atom is -0.449 e. The lowest BCUT2D eigenvalue weighted by atomic mass is 10.2. The first-order valence-corrected chi connectivity index (χ1v) is 6.51. The van der Waals surface area contributed by atoms with Crippen molar-refractivity contribution >= 4 is 22.4 Å². The van der Waals surface area contributed by atoms with Crippen molar-refractivity contribution in [3.63, 3.8) is 0 Å². The van der Waals surface area contributed by atoms with Crippen molar-refractivity contribution in [2.45, 2.75) is 33.6 Å². The Balaban J connectivity index is 1.85. The number of oxazole rings is 1. The van der Waals surface area contributed by atoms with Crippen molar-refractivity contribution in [3.8, 4) is 0 Å². The maximum Gasteiger partial charge on any atom is 0.226 e. The van der Waals surface area contributed by atoms with Gasteiger partial charge in [-0.1, -0.05) is 0 Å². The molecule has 2 heterocycles. The van der Waals surface area contributed by atoms with Crippen LogP contribution in [0.2, 0.25) is 0 Å². The summed E-state index contributed by atoms with van der Waals surface area (Å²) in [5.74, 6) is 0.570. The second kappa shape index (κ2) is 5.30. The molecular formula is C12H15N3O2S. The van der Waals surface area contributed by atoms with Gasteiger partial charge in [-0.3, -0.25) is 4.79 Å². The molecule has 0 saturated carbocycles. The van der Waals surface area contributed by atoms with Gasteiger partial charge in [-0.15, -0.1) is 11.3 Å². The molecule has 5 nitrogen and oxygen atoms in total. The van der Waals surface area contributed by atoms with E-state index in [0.717, 1.165) is 16.3 Å². The molecule has 96 valence electrons. The molecule has 0 aromatic carbocycles. The number of hydrogen-bond acceptors (Lipinski definition) is 5. The van der Waals surface area contributed by atoms with Crippen LogP contribution in [0.1, 0.15) is 28.6 Å². The Labute approximate surface area is 109 Å². The number of carbonyl (C=O) groups excluding carboxylic acids is 1. The van der Waals surface area contributed by atoms with E-state index in [9.17, 15) is 4.79 Å². The van der Waals surface area contributed by atoms with Gasteiger partial charge in [0.2, 0.25) is 5.91 Å². The monoisotopic (exact) mass is 265 g/mol. The van der Waals surface area contributed by atoms with Gasteiger partial charge in [0, 0.05) is 24.6 Å². The van der Waals surface area contributed by atoms with Crippen LogP contribution in [0.4, 0.5) is 5.13 Å². The van der Waals surface area contributed by atoms with E-state index in [-0.39, 0.29) is 5.91 Å². The number of carbonyl (C=O) groups is 1. The van der Waals surface area contributed by atoms with Gasteiger partial charge in [-0.25, -0.2) is 9.97 Å². The SMILES string of the molecule is Cc1nc(CCC(=O)Nc2nc(C)c(C)s2)co1. The van der Waals surface area contributed by atoms with Gasteiger partial charge in [-0.05, 0) is 13.8 Å². The van der Waals surface area contributed by atoms with Crippen LogP contribution in [0, 0.1) is 20.8 Å². The largest absolute Gasteiger partial charge is 0.449 e. The summed E-state index contributed by atoms with van der Waals surface area (Å²) in [6.07, 6.45) is 2.54. The van der Waals surface area contributed by atoms with Gasteiger partial charge in [0.25, 0.3) is 0 Å². The second-order valence-corrected chi connectivity index (χ2v) is 5.27. The molecule has 0 fully saturated rings. The van der Waals surface area contributed by atoms with Crippen LogP contribution in [0.5, 0.6) is 0 Å². The van der Waals surface area contributed by atoms with Crippen molar-refractivity contribution < 1.29 is 9.21 Å². The highest BCUT2D eigenvalue weighted by molar-refractivity contribution is 7.15. The number of rotatable bonds is 4. The second-order valence-electron chi connectivity index (χ2n) is 4.07. The molecular weight excluding hydrogens is 250 g/mol. The molecule has 18 heavy (non-hydrogen) atoms. The molecule has 6 heteroatoms. The highest BCUT2D eigenvalue weighted by Crippen LogP contribution is 2.21. The zero-order valence-corrected chi connectivity index (χ0v) is 11.4. The van der Waals surface area contributed by atoms with Crippen molar-refractivity contribution in [2.24, 2.45) is 0 Å². The summed E-state index contributed by atoms with van der Waals surface area (Å²) in [5.41, 5.74) is 1.76. The van der Waals surface area contributed by atoms with Crippen LogP contribution < -0.4 is 5.32 Å².